The number of carboxylic acids is 1. The Balaban J connectivity index is 1.36. The first-order valence-corrected chi connectivity index (χ1v) is 12.6. The highest BCUT2D eigenvalue weighted by atomic mass is 16.5. The first kappa shape index (κ1) is 25.9. The standard InChI is InChI=1S/C30H32N2O5/c33-28(34)20-23-11-13-25(14-12-23)26-15-17-32(18-16-26)29(35)27(19-22-7-3-1-4-8-22)31-30(36)37-21-24-9-5-2-6-10-24/h1-14,26-27H,15-21H2,(H,31,36)(H,33,34). The van der Waals surface area contributed by atoms with Crippen LogP contribution in [0, 0.1) is 0 Å². The Kier molecular flexibility index (Phi) is 8.92. The Morgan fingerprint density at radius 2 is 1.43 bits per heavy atom. The van der Waals surface area contributed by atoms with Crippen LogP contribution in [0.1, 0.15) is 41.0 Å². The average molecular weight is 501 g/mol. The molecule has 1 saturated heterocycles. The molecule has 1 atom stereocenters. The third-order valence-corrected chi connectivity index (χ3v) is 6.70. The summed E-state index contributed by atoms with van der Waals surface area (Å²) in [5.41, 5.74) is 3.77. The molecule has 0 aliphatic carbocycles. The fourth-order valence-corrected chi connectivity index (χ4v) is 4.69. The summed E-state index contributed by atoms with van der Waals surface area (Å²) in [6, 6.07) is 26.0. The van der Waals surface area contributed by atoms with E-state index in [-0.39, 0.29) is 18.9 Å². The number of rotatable bonds is 9. The first-order valence-electron chi connectivity index (χ1n) is 12.6. The number of likely N-dealkylation sites (tertiary alicyclic amines) is 1. The predicted octanol–water partition coefficient (Wildman–Crippen LogP) is 4.56. The lowest BCUT2D eigenvalue weighted by Crippen LogP contribution is -2.51. The van der Waals surface area contributed by atoms with Gasteiger partial charge in [0.25, 0.3) is 0 Å². The molecule has 0 saturated carbocycles. The lowest BCUT2D eigenvalue weighted by atomic mass is 9.88. The molecule has 192 valence electrons. The van der Waals surface area contributed by atoms with Crippen LogP contribution in [-0.4, -0.2) is 47.1 Å². The molecule has 2 N–H and O–H groups in total. The number of amides is 2. The van der Waals surface area contributed by atoms with E-state index in [1.807, 2.05) is 89.8 Å². The zero-order valence-electron chi connectivity index (χ0n) is 20.7. The summed E-state index contributed by atoms with van der Waals surface area (Å²) in [4.78, 5) is 38.8. The second-order valence-electron chi connectivity index (χ2n) is 9.36. The molecule has 3 aromatic rings. The van der Waals surface area contributed by atoms with Crippen LogP contribution in [0.15, 0.2) is 84.9 Å². The van der Waals surface area contributed by atoms with Gasteiger partial charge in [-0.15, -0.1) is 0 Å². The largest absolute Gasteiger partial charge is 0.481 e. The number of aliphatic carboxylic acids is 1. The number of alkyl carbamates (subject to hydrolysis) is 1. The second-order valence-corrected chi connectivity index (χ2v) is 9.36. The topological polar surface area (TPSA) is 95.9 Å². The molecule has 1 aliphatic rings. The molecule has 2 amide bonds. The molecule has 4 rings (SSSR count). The maximum absolute atomic E-state index is 13.5. The van der Waals surface area contributed by atoms with Crippen molar-refractivity contribution in [2.24, 2.45) is 0 Å². The molecule has 0 bridgehead atoms. The van der Waals surface area contributed by atoms with Crippen LogP contribution in [0.2, 0.25) is 0 Å². The molecular weight excluding hydrogens is 468 g/mol. The van der Waals surface area contributed by atoms with E-state index in [0.717, 1.165) is 35.1 Å². The van der Waals surface area contributed by atoms with E-state index in [1.54, 1.807) is 0 Å². The van der Waals surface area contributed by atoms with Gasteiger partial charge in [-0.2, -0.15) is 0 Å². The molecule has 7 nitrogen and oxygen atoms in total. The summed E-state index contributed by atoms with van der Waals surface area (Å²) in [5, 5.41) is 11.8. The number of benzene rings is 3. The van der Waals surface area contributed by atoms with Gasteiger partial charge in [-0.1, -0.05) is 84.9 Å². The fourth-order valence-electron chi connectivity index (χ4n) is 4.69. The summed E-state index contributed by atoms with van der Waals surface area (Å²) >= 11 is 0. The fraction of sp³-hybridized carbons (Fsp3) is 0.300. The highest BCUT2D eigenvalue weighted by Gasteiger charge is 2.30. The van der Waals surface area contributed by atoms with Crippen LogP contribution in [0.4, 0.5) is 4.79 Å². The maximum atomic E-state index is 13.5. The van der Waals surface area contributed by atoms with Crippen molar-refractivity contribution in [3.63, 3.8) is 0 Å². The van der Waals surface area contributed by atoms with Crippen molar-refractivity contribution < 1.29 is 24.2 Å². The first-order chi connectivity index (χ1) is 18.0. The number of hydrogen-bond acceptors (Lipinski definition) is 4. The van der Waals surface area contributed by atoms with Gasteiger partial charge in [-0.05, 0) is 41.0 Å². The highest BCUT2D eigenvalue weighted by Crippen LogP contribution is 2.28. The zero-order chi connectivity index (χ0) is 26.0. The van der Waals surface area contributed by atoms with Crippen molar-refractivity contribution in [3.05, 3.63) is 107 Å². The monoisotopic (exact) mass is 500 g/mol. The molecule has 1 heterocycles. The number of carboxylic acid groups (broad SMARTS) is 1. The van der Waals surface area contributed by atoms with Gasteiger partial charge in [0.15, 0.2) is 0 Å². The van der Waals surface area contributed by atoms with Gasteiger partial charge in [0.1, 0.15) is 12.6 Å². The SMILES string of the molecule is O=C(O)Cc1ccc(C2CCN(C(=O)C(Cc3ccccc3)NC(=O)OCc3ccccc3)CC2)cc1. The minimum atomic E-state index is -0.845. The number of carbonyl (C=O) groups excluding carboxylic acids is 2. The van der Waals surface area contributed by atoms with E-state index in [4.69, 9.17) is 9.84 Å². The zero-order valence-corrected chi connectivity index (χ0v) is 20.7. The molecular formula is C30H32N2O5. The maximum Gasteiger partial charge on any atom is 0.408 e. The van der Waals surface area contributed by atoms with Crippen LogP contribution < -0.4 is 5.32 Å². The van der Waals surface area contributed by atoms with Crippen molar-refractivity contribution in [2.45, 2.75) is 44.2 Å². The number of hydrogen-bond donors (Lipinski definition) is 2. The molecule has 3 aromatic carbocycles. The van der Waals surface area contributed by atoms with E-state index in [9.17, 15) is 14.4 Å². The van der Waals surface area contributed by atoms with Gasteiger partial charge >= 0.3 is 12.1 Å². The normalized spacial score (nSPS) is 14.5. The molecule has 37 heavy (non-hydrogen) atoms. The van der Waals surface area contributed by atoms with Gasteiger partial charge in [0.05, 0.1) is 6.42 Å². The van der Waals surface area contributed by atoms with E-state index < -0.39 is 18.1 Å². The van der Waals surface area contributed by atoms with Gasteiger partial charge in [0, 0.05) is 19.5 Å². The van der Waals surface area contributed by atoms with Crippen molar-refractivity contribution in [1.82, 2.24) is 10.2 Å². The van der Waals surface area contributed by atoms with E-state index in [0.29, 0.717) is 25.4 Å². The second kappa shape index (κ2) is 12.7. The Bertz CT molecular complexity index is 1170. The van der Waals surface area contributed by atoms with Crippen molar-refractivity contribution in [3.8, 4) is 0 Å². The third kappa shape index (κ3) is 7.67. The van der Waals surface area contributed by atoms with Crippen LogP contribution in [-0.2, 0) is 33.8 Å². The summed E-state index contributed by atoms with van der Waals surface area (Å²) in [6.45, 7) is 1.31. The van der Waals surface area contributed by atoms with E-state index >= 15 is 0 Å². The van der Waals surface area contributed by atoms with Gasteiger partial charge in [0.2, 0.25) is 5.91 Å². The van der Waals surface area contributed by atoms with Crippen LogP contribution in [0.25, 0.3) is 0 Å². The average Bonchev–Trinajstić information content (AvgIpc) is 2.92. The third-order valence-electron chi connectivity index (χ3n) is 6.70. The molecule has 1 unspecified atom stereocenters. The minimum Gasteiger partial charge on any atom is -0.481 e. The smallest absolute Gasteiger partial charge is 0.408 e. The lowest BCUT2D eigenvalue weighted by Gasteiger charge is -2.34. The number of ether oxygens (including phenoxy) is 1. The lowest BCUT2D eigenvalue weighted by molar-refractivity contribution is -0.136. The van der Waals surface area contributed by atoms with Crippen LogP contribution in [0.3, 0.4) is 0 Å². The Hall–Kier alpha value is -4.13. The van der Waals surface area contributed by atoms with Crippen molar-refractivity contribution >= 4 is 18.0 Å². The predicted molar refractivity (Wildman–Crippen MR) is 140 cm³/mol. The van der Waals surface area contributed by atoms with Gasteiger partial charge < -0.3 is 20.1 Å². The van der Waals surface area contributed by atoms with E-state index in [1.165, 1.54) is 0 Å². The quantitative estimate of drug-likeness (QED) is 0.449. The Morgan fingerprint density at radius 3 is 2.03 bits per heavy atom. The summed E-state index contributed by atoms with van der Waals surface area (Å²) in [5.74, 6) is -0.655. The van der Waals surface area contributed by atoms with Crippen LogP contribution >= 0.6 is 0 Å². The number of piperidine rings is 1. The number of carbonyl (C=O) groups is 3. The molecule has 0 spiro atoms. The molecule has 1 fully saturated rings. The number of nitrogens with one attached hydrogen (secondary N) is 1. The summed E-state index contributed by atoms with van der Waals surface area (Å²) < 4.78 is 5.38. The van der Waals surface area contributed by atoms with Gasteiger partial charge in [-0.25, -0.2) is 4.79 Å². The van der Waals surface area contributed by atoms with Crippen molar-refractivity contribution in [2.75, 3.05) is 13.1 Å². The number of nitrogens with zero attached hydrogens (tertiary/aromatic N) is 1. The molecule has 1 aliphatic heterocycles. The molecule has 7 heteroatoms. The summed E-state index contributed by atoms with van der Waals surface area (Å²) in [7, 11) is 0. The van der Waals surface area contributed by atoms with Gasteiger partial charge in [-0.3, -0.25) is 9.59 Å². The molecule has 0 aromatic heterocycles. The molecule has 0 radical (unpaired) electrons. The van der Waals surface area contributed by atoms with Crippen molar-refractivity contribution in [1.29, 1.82) is 0 Å². The Labute approximate surface area is 217 Å². The Morgan fingerprint density at radius 1 is 0.838 bits per heavy atom. The van der Waals surface area contributed by atoms with Crippen LogP contribution in [0.5, 0.6) is 0 Å². The highest BCUT2D eigenvalue weighted by molar-refractivity contribution is 5.86. The minimum absolute atomic E-state index is 0.0107. The van der Waals surface area contributed by atoms with E-state index in [2.05, 4.69) is 5.32 Å². The summed E-state index contributed by atoms with van der Waals surface area (Å²) in [6.07, 6.45) is 1.39.